The van der Waals surface area contributed by atoms with E-state index in [0.717, 1.165) is 0 Å². The molecule has 8 nitrogen and oxygen atoms in total. The number of carbonyl (C=O) groups is 1. The van der Waals surface area contributed by atoms with Crippen molar-refractivity contribution in [3.05, 3.63) is 11.6 Å². The molecule has 2 atom stereocenters. The second-order valence-corrected chi connectivity index (χ2v) is 4.67. The van der Waals surface area contributed by atoms with Gasteiger partial charge in [0.25, 0.3) is 5.23 Å². The monoisotopic (exact) mass is 273 g/mol. The van der Waals surface area contributed by atoms with Crippen molar-refractivity contribution in [3.63, 3.8) is 0 Å². The lowest BCUT2D eigenvalue weighted by Crippen LogP contribution is -2.34. The van der Waals surface area contributed by atoms with Crippen molar-refractivity contribution < 1.29 is 13.7 Å². The van der Waals surface area contributed by atoms with Crippen LogP contribution in [0.1, 0.15) is 12.8 Å². The van der Waals surface area contributed by atoms with E-state index in [1.54, 1.807) is 0 Å². The van der Waals surface area contributed by atoms with Crippen molar-refractivity contribution in [2.75, 3.05) is 6.54 Å². The summed E-state index contributed by atoms with van der Waals surface area (Å²) in [6.45, 7) is 0.387. The number of ether oxygens (including phenoxy) is 1. The molecule has 0 aromatic heterocycles. The summed E-state index contributed by atoms with van der Waals surface area (Å²) in [7, 11) is -1.50. The molecule has 0 aliphatic carbocycles. The van der Waals surface area contributed by atoms with Crippen LogP contribution in [0.2, 0.25) is 0 Å². The molecule has 0 radical (unpaired) electrons. The van der Waals surface area contributed by atoms with Crippen LogP contribution in [-0.4, -0.2) is 34.0 Å². The molecule has 18 heavy (non-hydrogen) atoms. The molecule has 0 saturated carbocycles. The van der Waals surface area contributed by atoms with E-state index >= 15 is 0 Å². The maximum Gasteiger partial charge on any atom is 0.330 e. The van der Waals surface area contributed by atoms with Gasteiger partial charge < -0.3 is 21.9 Å². The van der Waals surface area contributed by atoms with Gasteiger partial charge in [-0.1, -0.05) is 0 Å². The van der Waals surface area contributed by atoms with Crippen molar-refractivity contribution >= 4 is 28.0 Å². The van der Waals surface area contributed by atoms with Gasteiger partial charge in [-0.05, 0) is 12.8 Å². The first kappa shape index (κ1) is 14.3. The molecule has 0 aromatic rings. The lowest BCUT2D eigenvalue weighted by molar-refractivity contribution is -0.136. The molecule has 0 aromatic carbocycles. The summed E-state index contributed by atoms with van der Waals surface area (Å²) in [5, 5.41) is 1.17. The zero-order chi connectivity index (χ0) is 13.5. The predicted molar refractivity (Wildman–Crippen MR) is 68.7 cm³/mol. The van der Waals surface area contributed by atoms with Crippen molar-refractivity contribution in [1.82, 2.24) is 0 Å². The van der Waals surface area contributed by atoms with E-state index in [4.69, 9.17) is 21.9 Å². The highest BCUT2D eigenvalue weighted by Crippen LogP contribution is 2.05. The summed E-state index contributed by atoms with van der Waals surface area (Å²) in [4.78, 5) is 18.9. The number of guanidine groups is 1. The van der Waals surface area contributed by atoms with Gasteiger partial charge in [0, 0.05) is 18.2 Å². The van der Waals surface area contributed by atoms with E-state index in [1.807, 2.05) is 0 Å². The second-order valence-electron chi connectivity index (χ2n) is 3.45. The second kappa shape index (κ2) is 6.87. The van der Waals surface area contributed by atoms with Gasteiger partial charge >= 0.3 is 5.97 Å². The molecule has 0 saturated heterocycles. The average molecular weight is 273 g/mol. The maximum atomic E-state index is 11.5. The predicted octanol–water partition coefficient (Wildman–Crippen LogP) is -1.50. The Balaban J connectivity index is 2.29. The SMILES string of the molecule is NC(N)=NCCC[C@H](N)C(=O)OC1=NC=CS1=O. The van der Waals surface area contributed by atoms with Crippen LogP contribution >= 0.6 is 0 Å². The molecule has 1 rings (SSSR count). The lowest BCUT2D eigenvalue weighted by atomic mass is 10.2. The van der Waals surface area contributed by atoms with Crippen LogP contribution in [-0.2, 0) is 20.3 Å². The van der Waals surface area contributed by atoms with Crippen LogP contribution in [0.15, 0.2) is 21.6 Å². The lowest BCUT2D eigenvalue weighted by Gasteiger charge is -2.09. The Kier molecular flexibility index (Phi) is 5.46. The largest absolute Gasteiger partial charge is 0.397 e. The van der Waals surface area contributed by atoms with Gasteiger partial charge in [0.05, 0.1) is 0 Å². The Bertz CT molecular complexity index is 428. The number of carbonyl (C=O) groups excluding carboxylic acids is 1. The Hall–Kier alpha value is -1.74. The summed E-state index contributed by atoms with van der Waals surface area (Å²) in [6, 6.07) is -0.820. The highest BCUT2D eigenvalue weighted by atomic mass is 32.2. The van der Waals surface area contributed by atoms with E-state index in [0.29, 0.717) is 19.4 Å². The number of rotatable bonds is 5. The summed E-state index contributed by atoms with van der Waals surface area (Å²) in [5.74, 6) is -0.677. The normalized spacial score (nSPS) is 19.2. The van der Waals surface area contributed by atoms with E-state index in [2.05, 4.69) is 9.98 Å². The van der Waals surface area contributed by atoms with E-state index < -0.39 is 22.8 Å². The summed E-state index contributed by atoms with van der Waals surface area (Å²) >= 11 is 0. The minimum atomic E-state index is -1.50. The first-order valence-corrected chi connectivity index (χ1v) is 6.39. The molecular formula is C9H15N5O3S. The van der Waals surface area contributed by atoms with Crippen LogP contribution < -0.4 is 17.2 Å². The van der Waals surface area contributed by atoms with Gasteiger partial charge in [0.2, 0.25) is 0 Å². The Labute approximate surface area is 106 Å². The first-order chi connectivity index (χ1) is 8.50. The fourth-order valence-corrected chi connectivity index (χ4v) is 1.74. The Morgan fingerprint density at radius 2 is 2.28 bits per heavy atom. The fraction of sp³-hybridized carbons (Fsp3) is 0.444. The molecular weight excluding hydrogens is 258 g/mol. The van der Waals surface area contributed by atoms with Gasteiger partial charge in [-0.2, -0.15) is 0 Å². The minimum Gasteiger partial charge on any atom is -0.397 e. The van der Waals surface area contributed by atoms with Gasteiger partial charge in [0.1, 0.15) is 16.8 Å². The number of aliphatic imine (C=N–C) groups is 2. The maximum absolute atomic E-state index is 11.5. The third-order valence-corrected chi connectivity index (χ3v) is 2.90. The summed E-state index contributed by atoms with van der Waals surface area (Å²) in [6.07, 6.45) is 2.22. The average Bonchev–Trinajstić information content (AvgIpc) is 2.70. The van der Waals surface area contributed by atoms with Crippen LogP contribution in [0.4, 0.5) is 0 Å². The van der Waals surface area contributed by atoms with Gasteiger partial charge in [0.15, 0.2) is 5.96 Å². The quantitative estimate of drug-likeness (QED) is 0.240. The molecule has 6 N–H and O–H groups in total. The van der Waals surface area contributed by atoms with Gasteiger partial charge in [-0.3, -0.25) is 4.99 Å². The van der Waals surface area contributed by atoms with Gasteiger partial charge in [-0.25, -0.2) is 14.0 Å². The molecule has 0 bridgehead atoms. The zero-order valence-electron chi connectivity index (χ0n) is 9.61. The third kappa shape index (κ3) is 4.63. The van der Waals surface area contributed by atoms with Crippen molar-refractivity contribution in [3.8, 4) is 0 Å². The molecule has 1 aliphatic heterocycles. The number of nitrogens with zero attached hydrogens (tertiary/aromatic N) is 2. The molecule has 0 spiro atoms. The highest BCUT2D eigenvalue weighted by Gasteiger charge is 2.21. The molecule has 1 aliphatic rings. The minimum absolute atomic E-state index is 0.00655. The number of esters is 1. The van der Waals surface area contributed by atoms with Crippen LogP contribution in [0.5, 0.6) is 0 Å². The van der Waals surface area contributed by atoms with Crippen molar-refractivity contribution in [2.45, 2.75) is 18.9 Å². The first-order valence-electron chi connectivity index (χ1n) is 5.18. The molecule has 1 heterocycles. The smallest absolute Gasteiger partial charge is 0.330 e. The van der Waals surface area contributed by atoms with E-state index in [1.165, 1.54) is 11.6 Å². The van der Waals surface area contributed by atoms with Crippen LogP contribution in [0, 0.1) is 0 Å². The molecule has 9 heteroatoms. The highest BCUT2D eigenvalue weighted by molar-refractivity contribution is 8.03. The van der Waals surface area contributed by atoms with Gasteiger partial charge in [-0.15, -0.1) is 0 Å². The topological polar surface area (TPSA) is 146 Å². The molecule has 0 amide bonds. The Morgan fingerprint density at radius 3 is 2.83 bits per heavy atom. The standard InChI is InChI=1S/C9H15N5O3S/c10-6(2-1-3-13-8(11)12)7(15)17-9-14-4-5-18(9)16/h4-6H,1-3,10H2,(H4,11,12,13)/t6-,18?/m0/s1. The van der Waals surface area contributed by atoms with Crippen LogP contribution in [0.25, 0.3) is 0 Å². The number of hydrogen-bond acceptors (Lipinski definition) is 6. The Morgan fingerprint density at radius 1 is 1.56 bits per heavy atom. The zero-order valence-corrected chi connectivity index (χ0v) is 10.4. The number of hydrogen-bond donors (Lipinski definition) is 3. The molecule has 1 unspecified atom stereocenters. The third-order valence-electron chi connectivity index (χ3n) is 1.99. The van der Waals surface area contributed by atoms with Crippen LogP contribution in [0.3, 0.4) is 0 Å². The fourth-order valence-electron chi connectivity index (χ4n) is 1.12. The molecule has 100 valence electrons. The summed E-state index contributed by atoms with van der Waals surface area (Å²) < 4.78 is 16.0. The molecule has 0 fully saturated rings. The van der Waals surface area contributed by atoms with Crippen molar-refractivity contribution in [1.29, 1.82) is 0 Å². The number of nitrogens with two attached hydrogens (primary N) is 3. The van der Waals surface area contributed by atoms with Crippen molar-refractivity contribution in [2.24, 2.45) is 27.2 Å². The summed E-state index contributed by atoms with van der Waals surface area (Å²) in [5.41, 5.74) is 15.9. The van der Waals surface area contributed by atoms with E-state index in [-0.39, 0.29) is 11.2 Å². The van der Waals surface area contributed by atoms with E-state index in [9.17, 15) is 9.00 Å².